The van der Waals surface area contributed by atoms with Crippen LogP contribution in [0.4, 0.5) is 13.2 Å². The molecule has 0 aromatic heterocycles. The highest BCUT2D eigenvalue weighted by Gasteiger charge is 2.33. The quantitative estimate of drug-likeness (QED) is 0.382. The molecule has 3 nitrogen and oxygen atoms in total. The van der Waals surface area contributed by atoms with Crippen LogP contribution in [0.3, 0.4) is 0 Å². The average Bonchev–Trinajstić information content (AvgIpc) is 2.76. The fourth-order valence-electron chi connectivity index (χ4n) is 3.20. The van der Waals surface area contributed by atoms with Crippen molar-refractivity contribution in [2.24, 2.45) is 0 Å². The Hall–Kier alpha value is -3.19. The van der Waals surface area contributed by atoms with Crippen LogP contribution in [0.15, 0.2) is 83.8 Å². The summed E-state index contributed by atoms with van der Waals surface area (Å²) >= 11 is 1.48. The highest BCUT2D eigenvalue weighted by Crippen LogP contribution is 2.37. The van der Waals surface area contributed by atoms with Crippen LogP contribution in [0.25, 0.3) is 5.57 Å². The Balaban J connectivity index is 1.87. The summed E-state index contributed by atoms with van der Waals surface area (Å²) in [4.78, 5) is 11.6. The Morgan fingerprint density at radius 3 is 2.38 bits per heavy atom. The molecule has 0 spiro atoms. The molecule has 166 valence electrons. The van der Waals surface area contributed by atoms with Crippen LogP contribution in [0.5, 0.6) is 5.75 Å². The van der Waals surface area contributed by atoms with Crippen molar-refractivity contribution in [1.82, 2.24) is 0 Å². The van der Waals surface area contributed by atoms with Gasteiger partial charge in [-0.05, 0) is 53.5 Å². The van der Waals surface area contributed by atoms with E-state index in [2.05, 4.69) is 0 Å². The van der Waals surface area contributed by atoms with E-state index in [9.17, 15) is 18.0 Å². The van der Waals surface area contributed by atoms with Crippen LogP contribution in [-0.4, -0.2) is 23.4 Å². The summed E-state index contributed by atoms with van der Waals surface area (Å²) in [5.41, 5.74) is 1.59. The number of ether oxygens (including phenoxy) is 1. The highest BCUT2D eigenvalue weighted by atomic mass is 32.2. The van der Waals surface area contributed by atoms with Crippen molar-refractivity contribution in [3.63, 3.8) is 0 Å². The predicted octanol–water partition coefficient (Wildman–Crippen LogP) is 6.70. The molecule has 0 fully saturated rings. The summed E-state index contributed by atoms with van der Waals surface area (Å²) < 4.78 is 46.1. The molecule has 1 N–H and O–H groups in total. The number of halogens is 3. The Morgan fingerprint density at radius 1 is 1.03 bits per heavy atom. The van der Waals surface area contributed by atoms with Gasteiger partial charge in [0.25, 0.3) is 0 Å². The molecule has 32 heavy (non-hydrogen) atoms. The van der Waals surface area contributed by atoms with Crippen molar-refractivity contribution in [2.75, 3.05) is 12.4 Å². The van der Waals surface area contributed by atoms with Crippen LogP contribution in [-0.2, 0) is 11.0 Å². The van der Waals surface area contributed by atoms with E-state index >= 15 is 0 Å². The van der Waals surface area contributed by atoms with Gasteiger partial charge in [-0.3, -0.25) is 0 Å². The molecule has 3 aromatic carbocycles. The Kier molecular flexibility index (Phi) is 7.64. The van der Waals surface area contributed by atoms with Gasteiger partial charge < -0.3 is 9.84 Å². The topological polar surface area (TPSA) is 46.5 Å². The largest absolute Gasteiger partial charge is 0.482 e. The molecule has 0 aliphatic heterocycles. The van der Waals surface area contributed by atoms with E-state index in [1.54, 1.807) is 48.5 Å². The molecule has 0 bridgehead atoms. The SMILES string of the molecule is Cc1cc(OCC(=O)O)ccc1SCC=C(c1ccccc1)c1ccccc1C(F)(F)F. The molecule has 0 saturated heterocycles. The van der Waals surface area contributed by atoms with Gasteiger partial charge in [0.1, 0.15) is 5.75 Å². The van der Waals surface area contributed by atoms with Crippen LogP contribution in [0.2, 0.25) is 0 Å². The zero-order chi connectivity index (χ0) is 23.1. The smallest absolute Gasteiger partial charge is 0.417 e. The molecule has 0 unspecified atom stereocenters. The maximum atomic E-state index is 13.6. The first kappa shape index (κ1) is 23.5. The van der Waals surface area contributed by atoms with Gasteiger partial charge >= 0.3 is 12.1 Å². The molecule has 0 aliphatic rings. The molecule has 0 atom stereocenters. The van der Waals surface area contributed by atoms with Gasteiger partial charge in [-0.2, -0.15) is 13.2 Å². The first-order valence-corrected chi connectivity index (χ1v) is 10.7. The maximum Gasteiger partial charge on any atom is 0.417 e. The van der Waals surface area contributed by atoms with Gasteiger partial charge in [-0.25, -0.2) is 4.79 Å². The first-order chi connectivity index (χ1) is 15.3. The number of carboxylic acids is 1. The third kappa shape index (κ3) is 6.17. The lowest BCUT2D eigenvalue weighted by molar-refractivity contribution is -0.139. The molecule has 0 saturated carbocycles. The number of aliphatic carboxylic acids is 1. The lowest BCUT2D eigenvalue weighted by atomic mass is 9.93. The zero-order valence-electron chi connectivity index (χ0n) is 17.2. The summed E-state index contributed by atoms with van der Waals surface area (Å²) in [7, 11) is 0. The van der Waals surface area contributed by atoms with Crippen molar-refractivity contribution in [3.8, 4) is 5.75 Å². The summed E-state index contributed by atoms with van der Waals surface area (Å²) in [6.07, 6.45) is -2.65. The number of carboxylic acid groups (broad SMARTS) is 1. The van der Waals surface area contributed by atoms with Gasteiger partial charge in [0.05, 0.1) is 5.56 Å². The Bertz CT molecular complexity index is 1110. The predicted molar refractivity (Wildman–Crippen MR) is 120 cm³/mol. The number of alkyl halides is 3. The Morgan fingerprint density at radius 2 is 1.72 bits per heavy atom. The van der Waals surface area contributed by atoms with E-state index in [1.807, 2.05) is 19.1 Å². The minimum Gasteiger partial charge on any atom is -0.482 e. The zero-order valence-corrected chi connectivity index (χ0v) is 18.0. The van der Waals surface area contributed by atoms with Crippen LogP contribution in [0.1, 0.15) is 22.3 Å². The van der Waals surface area contributed by atoms with Gasteiger partial charge in [-0.1, -0.05) is 54.6 Å². The van der Waals surface area contributed by atoms with Crippen molar-refractivity contribution < 1.29 is 27.8 Å². The summed E-state index contributed by atoms with van der Waals surface area (Å²) in [5.74, 6) is -0.153. The number of carbonyl (C=O) groups is 1. The van der Waals surface area contributed by atoms with E-state index in [1.165, 1.54) is 23.9 Å². The molecule has 0 aliphatic carbocycles. The molecular formula is C25H21F3O3S. The fraction of sp³-hybridized carbons (Fsp3) is 0.160. The lowest BCUT2D eigenvalue weighted by Crippen LogP contribution is -2.09. The van der Waals surface area contributed by atoms with Gasteiger partial charge in [-0.15, -0.1) is 11.8 Å². The molecule has 0 heterocycles. The van der Waals surface area contributed by atoms with Crippen molar-refractivity contribution in [2.45, 2.75) is 18.0 Å². The third-order valence-corrected chi connectivity index (χ3v) is 5.74. The van der Waals surface area contributed by atoms with Crippen molar-refractivity contribution in [3.05, 3.63) is 101 Å². The molecule has 3 rings (SSSR count). The van der Waals surface area contributed by atoms with E-state index in [-0.39, 0.29) is 5.56 Å². The van der Waals surface area contributed by atoms with Crippen LogP contribution >= 0.6 is 11.8 Å². The number of aryl methyl sites for hydroxylation is 1. The van der Waals surface area contributed by atoms with Crippen molar-refractivity contribution in [1.29, 1.82) is 0 Å². The molecular weight excluding hydrogens is 437 g/mol. The highest BCUT2D eigenvalue weighted by molar-refractivity contribution is 7.99. The lowest BCUT2D eigenvalue weighted by Gasteiger charge is -2.16. The Labute approximate surface area is 188 Å². The number of benzene rings is 3. The number of rotatable bonds is 8. The molecule has 7 heteroatoms. The standard InChI is InChI=1S/C25H21F3O3S/c1-17-15-19(31-16-24(29)30)11-12-23(17)32-14-13-20(18-7-3-2-4-8-18)21-9-5-6-10-22(21)25(26,27)28/h2-13,15H,14,16H2,1H3,(H,29,30). The number of hydrogen-bond donors (Lipinski definition) is 1. The minimum atomic E-state index is -4.46. The van der Waals surface area contributed by atoms with E-state index in [0.29, 0.717) is 22.6 Å². The summed E-state index contributed by atoms with van der Waals surface area (Å²) in [6, 6.07) is 19.8. The van der Waals surface area contributed by atoms with E-state index in [4.69, 9.17) is 9.84 Å². The summed E-state index contributed by atoms with van der Waals surface area (Å²) in [5, 5.41) is 8.72. The van der Waals surface area contributed by atoms with Crippen LogP contribution in [0, 0.1) is 6.92 Å². The monoisotopic (exact) mass is 458 g/mol. The molecule has 0 radical (unpaired) electrons. The molecule has 3 aromatic rings. The minimum absolute atomic E-state index is 0.140. The summed E-state index contributed by atoms with van der Waals surface area (Å²) in [6.45, 7) is 1.45. The molecule has 0 amide bonds. The number of thioether (sulfide) groups is 1. The number of hydrogen-bond acceptors (Lipinski definition) is 3. The first-order valence-electron chi connectivity index (χ1n) is 9.76. The van der Waals surface area contributed by atoms with Crippen molar-refractivity contribution >= 4 is 23.3 Å². The second-order valence-electron chi connectivity index (χ2n) is 6.95. The van der Waals surface area contributed by atoms with E-state index in [0.717, 1.165) is 16.5 Å². The fourth-order valence-corrected chi connectivity index (χ4v) is 4.08. The van der Waals surface area contributed by atoms with Gasteiger partial charge in [0.15, 0.2) is 6.61 Å². The van der Waals surface area contributed by atoms with Gasteiger partial charge in [0, 0.05) is 10.6 Å². The average molecular weight is 459 g/mol. The van der Waals surface area contributed by atoms with Crippen LogP contribution < -0.4 is 4.74 Å². The second-order valence-corrected chi connectivity index (χ2v) is 8.01. The third-order valence-electron chi connectivity index (χ3n) is 4.64. The van der Waals surface area contributed by atoms with Gasteiger partial charge in [0.2, 0.25) is 0 Å². The second kappa shape index (κ2) is 10.4. The normalized spacial score (nSPS) is 11.9. The maximum absolute atomic E-state index is 13.6. The van der Waals surface area contributed by atoms with E-state index < -0.39 is 24.3 Å².